The van der Waals surface area contributed by atoms with Crippen molar-refractivity contribution >= 4 is 17.2 Å². The van der Waals surface area contributed by atoms with E-state index in [4.69, 9.17) is 0 Å². The molecule has 0 saturated heterocycles. The Morgan fingerprint density at radius 1 is 1.22 bits per heavy atom. The number of nitrogens with one attached hydrogen (secondary N) is 2. The van der Waals surface area contributed by atoms with Crippen molar-refractivity contribution in [3.05, 3.63) is 60.8 Å². The van der Waals surface area contributed by atoms with Gasteiger partial charge < -0.3 is 5.32 Å². The van der Waals surface area contributed by atoms with E-state index >= 15 is 0 Å². The molecule has 0 atom stereocenters. The number of aromatic amines is 1. The van der Waals surface area contributed by atoms with Crippen LogP contribution >= 0.6 is 0 Å². The Morgan fingerprint density at radius 3 is 3.04 bits per heavy atom. The summed E-state index contributed by atoms with van der Waals surface area (Å²) in [4.78, 5) is 16.5. The van der Waals surface area contributed by atoms with Crippen LogP contribution in [0.2, 0.25) is 0 Å². The van der Waals surface area contributed by atoms with Gasteiger partial charge in [-0.1, -0.05) is 12.1 Å². The van der Waals surface area contributed by atoms with Gasteiger partial charge in [0.1, 0.15) is 12.7 Å². The first kappa shape index (κ1) is 13.1. The molecule has 1 amide bonds. The van der Waals surface area contributed by atoms with Gasteiger partial charge in [-0.2, -0.15) is 5.10 Å². The van der Waals surface area contributed by atoms with Gasteiger partial charge in [0.25, 0.3) is 5.91 Å². The zero-order valence-corrected chi connectivity index (χ0v) is 11.8. The van der Waals surface area contributed by atoms with Crippen molar-refractivity contribution < 1.29 is 4.79 Å². The normalized spacial score (nSPS) is 10.8. The fourth-order valence-electron chi connectivity index (χ4n) is 2.26. The number of aromatic nitrogens is 6. The number of benzene rings is 1. The molecule has 0 spiro atoms. The lowest BCUT2D eigenvalue weighted by molar-refractivity contribution is 0.102. The predicted octanol–water partition coefficient (Wildman–Crippen LogP) is 1.77. The molecule has 8 heteroatoms. The van der Waals surface area contributed by atoms with E-state index in [1.165, 1.54) is 6.33 Å². The van der Waals surface area contributed by atoms with Gasteiger partial charge in [-0.3, -0.25) is 14.3 Å². The van der Waals surface area contributed by atoms with Gasteiger partial charge in [0.2, 0.25) is 0 Å². The molecule has 0 aliphatic rings. The van der Waals surface area contributed by atoms with Gasteiger partial charge in [0.15, 0.2) is 11.5 Å². The Balaban J connectivity index is 1.60. The first-order valence-electron chi connectivity index (χ1n) is 6.86. The van der Waals surface area contributed by atoms with Gasteiger partial charge in [-0.25, -0.2) is 4.98 Å². The van der Waals surface area contributed by atoms with Crippen LogP contribution in [0, 0.1) is 0 Å². The summed E-state index contributed by atoms with van der Waals surface area (Å²) in [7, 11) is 0. The molecule has 112 valence electrons. The number of pyridine rings is 1. The summed E-state index contributed by atoms with van der Waals surface area (Å²) in [5.74, 6) is 0.407. The average Bonchev–Trinajstić information content (AvgIpc) is 3.26. The number of nitrogens with zero attached hydrogens (tertiary/aromatic N) is 5. The molecule has 0 aliphatic carbocycles. The van der Waals surface area contributed by atoms with Crippen LogP contribution < -0.4 is 5.32 Å². The molecule has 3 aromatic heterocycles. The van der Waals surface area contributed by atoms with E-state index in [-0.39, 0.29) is 5.91 Å². The van der Waals surface area contributed by atoms with Crippen LogP contribution in [0.25, 0.3) is 17.0 Å². The molecule has 0 unspecified atom stereocenters. The second kappa shape index (κ2) is 5.34. The van der Waals surface area contributed by atoms with Crippen molar-refractivity contribution in [3.8, 4) is 11.4 Å². The van der Waals surface area contributed by atoms with Gasteiger partial charge in [-0.15, -0.1) is 10.2 Å². The molecule has 0 bridgehead atoms. The number of fused-ring (bicyclic) bond motifs is 1. The lowest BCUT2D eigenvalue weighted by Crippen LogP contribution is -2.12. The van der Waals surface area contributed by atoms with Crippen molar-refractivity contribution in [2.45, 2.75) is 0 Å². The van der Waals surface area contributed by atoms with Crippen molar-refractivity contribution in [3.63, 3.8) is 0 Å². The molecule has 4 aromatic rings. The Kier molecular flexibility index (Phi) is 3.05. The number of anilines is 1. The van der Waals surface area contributed by atoms with Gasteiger partial charge in [0, 0.05) is 17.3 Å². The lowest BCUT2D eigenvalue weighted by Gasteiger charge is -2.06. The van der Waals surface area contributed by atoms with Crippen LogP contribution in [0.15, 0.2) is 55.2 Å². The predicted molar refractivity (Wildman–Crippen MR) is 82.8 cm³/mol. The first-order chi connectivity index (χ1) is 11.3. The molecule has 4 rings (SSSR count). The Morgan fingerprint density at radius 2 is 2.17 bits per heavy atom. The van der Waals surface area contributed by atoms with E-state index in [2.05, 4.69) is 30.7 Å². The third-order valence-corrected chi connectivity index (χ3v) is 3.36. The summed E-state index contributed by atoms with van der Waals surface area (Å²) in [6.45, 7) is 0. The summed E-state index contributed by atoms with van der Waals surface area (Å²) < 4.78 is 1.74. The maximum Gasteiger partial charge on any atom is 0.255 e. The zero-order chi connectivity index (χ0) is 15.6. The highest BCUT2D eigenvalue weighted by molar-refractivity contribution is 6.04. The maximum absolute atomic E-state index is 12.4. The Labute approximate surface area is 130 Å². The van der Waals surface area contributed by atoms with E-state index in [9.17, 15) is 4.79 Å². The topological polar surface area (TPSA) is 101 Å². The van der Waals surface area contributed by atoms with Gasteiger partial charge >= 0.3 is 0 Å². The molecule has 8 nitrogen and oxygen atoms in total. The van der Waals surface area contributed by atoms with Crippen LogP contribution in [0.5, 0.6) is 0 Å². The first-order valence-corrected chi connectivity index (χ1v) is 6.86. The van der Waals surface area contributed by atoms with Crippen molar-refractivity contribution in [2.75, 3.05) is 5.32 Å². The molecule has 0 fully saturated rings. The molecule has 0 aliphatic heterocycles. The van der Waals surface area contributed by atoms with Gasteiger partial charge in [-0.05, 0) is 24.3 Å². The standard InChI is InChI=1S/C15H11N7O/c23-15(19-12-4-5-13-20-18-9-22(13)7-12)11-3-1-2-10(6-11)14-16-8-17-21-14/h1-9H,(H,19,23)(H,16,17,21). The maximum atomic E-state index is 12.4. The number of carbonyl (C=O) groups is 1. The van der Waals surface area contributed by atoms with Crippen molar-refractivity contribution in [2.24, 2.45) is 0 Å². The van der Waals surface area contributed by atoms with Crippen LogP contribution in [-0.4, -0.2) is 35.7 Å². The molecule has 3 heterocycles. The van der Waals surface area contributed by atoms with Crippen molar-refractivity contribution in [1.82, 2.24) is 29.8 Å². The third kappa shape index (κ3) is 2.53. The average molecular weight is 305 g/mol. The monoisotopic (exact) mass is 305 g/mol. The number of rotatable bonds is 3. The number of amides is 1. The molecule has 0 saturated carbocycles. The highest BCUT2D eigenvalue weighted by Crippen LogP contribution is 2.17. The van der Waals surface area contributed by atoms with Crippen molar-refractivity contribution in [1.29, 1.82) is 0 Å². The Hall–Kier alpha value is -3.55. The number of H-pyrrole nitrogens is 1. The van der Waals surface area contributed by atoms with E-state index in [0.29, 0.717) is 17.1 Å². The molecular formula is C15H11N7O. The number of hydrogen-bond acceptors (Lipinski definition) is 5. The fraction of sp³-hybridized carbons (Fsp3) is 0. The summed E-state index contributed by atoms with van der Waals surface area (Å²) in [5, 5.41) is 17.2. The number of carbonyl (C=O) groups excluding carboxylic acids is 1. The smallest absolute Gasteiger partial charge is 0.255 e. The lowest BCUT2D eigenvalue weighted by atomic mass is 10.1. The van der Waals surface area contributed by atoms with E-state index in [0.717, 1.165) is 11.2 Å². The Bertz CT molecular complexity index is 974. The van der Waals surface area contributed by atoms with Crippen LogP contribution in [0.1, 0.15) is 10.4 Å². The fourth-order valence-corrected chi connectivity index (χ4v) is 2.26. The third-order valence-electron chi connectivity index (χ3n) is 3.36. The van der Waals surface area contributed by atoms with E-state index in [1.54, 1.807) is 47.3 Å². The van der Waals surface area contributed by atoms with E-state index < -0.39 is 0 Å². The highest BCUT2D eigenvalue weighted by Gasteiger charge is 2.09. The SMILES string of the molecule is O=C(Nc1ccc2nncn2c1)c1cccc(-c2ncn[nH]2)c1. The molecule has 0 radical (unpaired) electrons. The molecule has 1 aromatic carbocycles. The summed E-state index contributed by atoms with van der Waals surface area (Å²) >= 11 is 0. The summed E-state index contributed by atoms with van der Waals surface area (Å²) in [6.07, 6.45) is 4.76. The van der Waals surface area contributed by atoms with Crippen LogP contribution in [0.3, 0.4) is 0 Å². The molecule has 2 N–H and O–H groups in total. The quantitative estimate of drug-likeness (QED) is 0.600. The minimum atomic E-state index is -0.209. The largest absolute Gasteiger partial charge is 0.321 e. The highest BCUT2D eigenvalue weighted by atomic mass is 16.1. The minimum Gasteiger partial charge on any atom is -0.321 e. The molecular weight excluding hydrogens is 294 g/mol. The second-order valence-corrected chi connectivity index (χ2v) is 4.88. The van der Waals surface area contributed by atoms with Crippen LogP contribution in [0.4, 0.5) is 5.69 Å². The minimum absolute atomic E-state index is 0.209. The summed E-state index contributed by atoms with van der Waals surface area (Å²) in [6, 6.07) is 10.7. The van der Waals surface area contributed by atoms with Crippen LogP contribution in [-0.2, 0) is 0 Å². The van der Waals surface area contributed by atoms with Gasteiger partial charge in [0.05, 0.1) is 5.69 Å². The molecule has 23 heavy (non-hydrogen) atoms. The number of hydrogen-bond donors (Lipinski definition) is 2. The summed E-state index contributed by atoms with van der Waals surface area (Å²) in [5.41, 5.74) is 2.70. The zero-order valence-electron chi connectivity index (χ0n) is 11.8. The second-order valence-electron chi connectivity index (χ2n) is 4.88. The van der Waals surface area contributed by atoms with E-state index in [1.807, 2.05) is 6.07 Å².